The van der Waals surface area contributed by atoms with E-state index in [-0.39, 0.29) is 11.9 Å². The van der Waals surface area contributed by atoms with Gasteiger partial charge in [-0.3, -0.25) is 4.79 Å². The van der Waals surface area contributed by atoms with Crippen LogP contribution in [0, 0.1) is 0 Å². The van der Waals surface area contributed by atoms with Gasteiger partial charge in [0.25, 0.3) is 5.91 Å². The van der Waals surface area contributed by atoms with E-state index in [1.54, 1.807) is 6.07 Å². The SMILES string of the molecule is CCc1ccc(NC(=O)Nc2ccc(N3CCCC3)c(C(=O)NCCN(CC)CC)c2)cc1. The van der Waals surface area contributed by atoms with E-state index in [2.05, 4.69) is 46.5 Å². The number of nitrogens with zero attached hydrogens (tertiary/aromatic N) is 2. The first-order chi connectivity index (χ1) is 16.0. The molecule has 0 unspecified atom stereocenters. The largest absolute Gasteiger partial charge is 0.371 e. The lowest BCUT2D eigenvalue weighted by molar-refractivity contribution is 0.0949. The summed E-state index contributed by atoms with van der Waals surface area (Å²) in [6, 6.07) is 13.0. The van der Waals surface area contributed by atoms with Gasteiger partial charge >= 0.3 is 6.03 Å². The Bertz CT molecular complexity index is 919. The summed E-state index contributed by atoms with van der Waals surface area (Å²) in [4.78, 5) is 30.1. The maximum atomic E-state index is 13.1. The predicted molar refractivity (Wildman–Crippen MR) is 136 cm³/mol. The highest BCUT2D eigenvalue weighted by Crippen LogP contribution is 2.27. The van der Waals surface area contributed by atoms with Gasteiger partial charge in [0.15, 0.2) is 0 Å². The fourth-order valence-corrected chi connectivity index (χ4v) is 4.11. The Balaban J connectivity index is 1.70. The lowest BCUT2D eigenvalue weighted by Gasteiger charge is -2.23. The number of anilines is 3. The van der Waals surface area contributed by atoms with Gasteiger partial charge in [0.1, 0.15) is 0 Å². The highest BCUT2D eigenvalue weighted by molar-refractivity contribution is 6.04. The third kappa shape index (κ3) is 6.96. The number of hydrogen-bond acceptors (Lipinski definition) is 4. The van der Waals surface area contributed by atoms with E-state index in [1.165, 1.54) is 5.56 Å². The average Bonchev–Trinajstić information content (AvgIpc) is 3.37. The fourth-order valence-electron chi connectivity index (χ4n) is 4.11. The quantitative estimate of drug-likeness (QED) is 0.495. The standard InChI is InChI=1S/C26H37N5O2/c1-4-20-9-11-21(12-10-20)28-26(33)29-22-13-14-24(31-16-7-8-17-31)23(19-22)25(32)27-15-18-30(5-2)6-3/h9-14,19H,4-8,15-18H2,1-3H3,(H,27,32)(H2,28,29,33). The van der Waals surface area contributed by atoms with E-state index >= 15 is 0 Å². The van der Waals surface area contributed by atoms with Crippen LogP contribution in [0.5, 0.6) is 0 Å². The molecule has 2 aromatic carbocycles. The Hall–Kier alpha value is -3.06. The van der Waals surface area contributed by atoms with Crippen LogP contribution in [-0.4, -0.2) is 56.1 Å². The van der Waals surface area contributed by atoms with Crippen molar-refractivity contribution in [2.75, 3.05) is 54.8 Å². The van der Waals surface area contributed by atoms with Gasteiger partial charge in [-0.05, 0) is 68.2 Å². The van der Waals surface area contributed by atoms with Crippen LogP contribution in [0.2, 0.25) is 0 Å². The van der Waals surface area contributed by atoms with E-state index in [4.69, 9.17) is 0 Å². The van der Waals surface area contributed by atoms with Crippen molar-refractivity contribution in [1.82, 2.24) is 10.2 Å². The van der Waals surface area contributed by atoms with Crippen molar-refractivity contribution in [3.63, 3.8) is 0 Å². The first-order valence-electron chi connectivity index (χ1n) is 12.1. The number of nitrogens with one attached hydrogen (secondary N) is 3. The molecule has 0 bridgehead atoms. The minimum Gasteiger partial charge on any atom is -0.371 e. The number of amides is 3. The van der Waals surface area contributed by atoms with Crippen LogP contribution in [0.15, 0.2) is 42.5 Å². The minimum atomic E-state index is -0.332. The Kier molecular flexibility index (Phi) is 9.13. The third-order valence-corrected chi connectivity index (χ3v) is 6.17. The molecule has 3 amide bonds. The van der Waals surface area contributed by atoms with Crippen molar-refractivity contribution in [1.29, 1.82) is 0 Å². The molecule has 1 saturated heterocycles. The number of carbonyl (C=O) groups is 2. The van der Waals surface area contributed by atoms with Crippen LogP contribution in [0.3, 0.4) is 0 Å². The topological polar surface area (TPSA) is 76.7 Å². The molecule has 0 radical (unpaired) electrons. The Morgan fingerprint density at radius 3 is 2.18 bits per heavy atom. The highest BCUT2D eigenvalue weighted by Gasteiger charge is 2.20. The number of hydrogen-bond donors (Lipinski definition) is 3. The number of aryl methyl sites for hydroxylation is 1. The Labute approximate surface area is 197 Å². The number of rotatable bonds is 10. The van der Waals surface area contributed by atoms with Gasteiger partial charge in [0.05, 0.1) is 5.56 Å². The summed E-state index contributed by atoms with van der Waals surface area (Å²) < 4.78 is 0. The second kappa shape index (κ2) is 12.3. The molecule has 3 rings (SSSR count). The fraction of sp³-hybridized carbons (Fsp3) is 0.462. The van der Waals surface area contributed by atoms with Crippen LogP contribution in [0.25, 0.3) is 0 Å². The lowest BCUT2D eigenvalue weighted by atomic mass is 10.1. The molecule has 7 heteroatoms. The Morgan fingerprint density at radius 2 is 1.55 bits per heavy atom. The zero-order valence-corrected chi connectivity index (χ0v) is 20.1. The minimum absolute atomic E-state index is 0.108. The molecule has 0 spiro atoms. The maximum absolute atomic E-state index is 13.1. The molecule has 33 heavy (non-hydrogen) atoms. The van der Waals surface area contributed by atoms with Crippen LogP contribution in [0.4, 0.5) is 21.9 Å². The number of carbonyl (C=O) groups excluding carboxylic acids is 2. The van der Waals surface area contributed by atoms with E-state index in [0.717, 1.165) is 63.4 Å². The molecule has 0 saturated carbocycles. The molecule has 0 aliphatic carbocycles. The van der Waals surface area contributed by atoms with Crippen LogP contribution < -0.4 is 20.9 Å². The summed E-state index contributed by atoms with van der Waals surface area (Å²) in [5.74, 6) is -0.108. The summed E-state index contributed by atoms with van der Waals surface area (Å²) in [5, 5.41) is 8.78. The lowest BCUT2D eigenvalue weighted by Crippen LogP contribution is -2.35. The van der Waals surface area contributed by atoms with Gasteiger partial charge in [0.2, 0.25) is 0 Å². The van der Waals surface area contributed by atoms with Gasteiger partial charge in [-0.15, -0.1) is 0 Å². The molecular weight excluding hydrogens is 414 g/mol. The molecular formula is C26H37N5O2. The summed E-state index contributed by atoms with van der Waals surface area (Å²) in [6.07, 6.45) is 3.21. The predicted octanol–water partition coefficient (Wildman–Crippen LogP) is 4.56. The first-order valence-corrected chi connectivity index (χ1v) is 12.1. The summed E-state index contributed by atoms with van der Waals surface area (Å²) in [5.41, 5.74) is 4.06. The van der Waals surface area contributed by atoms with Gasteiger partial charge in [-0.1, -0.05) is 32.9 Å². The second-order valence-corrected chi connectivity index (χ2v) is 8.34. The number of likely N-dealkylation sites (N-methyl/N-ethyl adjacent to an activating group) is 1. The van der Waals surface area contributed by atoms with Crippen molar-refractivity contribution >= 4 is 29.0 Å². The zero-order valence-electron chi connectivity index (χ0n) is 20.1. The first kappa shape index (κ1) is 24.6. The number of urea groups is 1. The van der Waals surface area contributed by atoms with Crippen molar-refractivity contribution in [3.05, 3.63) is 53.6 Å². The van der Waals surface area contributed by atoms with Crippen LogP contribution >= 0.6 is 0 Å². The smallest absolute Gasteiger partial charge is 0.323 e. The van der Waals surface area contributed by atoms with Gasteiger partial charge in [0, 0.05) is 43.2 Å². The van der Waals surface area contributed by atoms with Gasteiger partial charge in [-0.2, -0.15) is 0 Å². The van der Waals surface area contributed by atoms with Crippen molar-refractivity contribution in [2.45, 2.75) is 40.0 Å². The molecule has 1 aliphatic heterocycles. The normalized spacial score (nSPS) is 13.3. The molecule has 3 N–H and O–H groups in total. The molecule has 0 atom stereocenters. The third-order valence-electron chi connectivity index (χ3n) is 6.17. The molecule has 1 fully saturated rings. The van der Waals surface area contributed by atoms with E-state index in [9.17, 15) is 9.59 Å². The Morgan fingerprint density at radius 1 is 0.909 bits per heavy atom. The van der Waals surface area contributed by atoms with Gasteiger partial charge < -0.3 is 25.8 Å². The zero-order chi connectivity index (χ0) is 23.6. The molecule has 2 aromatic rings. The summed E-state index contributed by atoms with van der Waals surface area (Å²) in [6.45, 7) is 11.5. The maximum Gasteiger partial charge on any atom is 0.323 e. The molecule has 0 aromatic heterocycles. The summed E-state index contributed by atoms with van der Waals surface area (Å²) in [7, 11) is 0. The average molecular weight is 452 g/mol. The van der Waals surface area contributed by atoms with Crippen LogP contribution in [0.1, 0.15) is 49.5 Å². The van der Waals surface area contributed by atoms with Gasteiger partial charge in [-0.25, -0.2) is 4.79 Å². The summed E-state index contributed by atoms with van der Waals surface area (Å²) >= 11 is 0. The second-order valence-electron chi connectivity index (χ2n) is 8.34. The van der Waals surface area contributed by atoms with Crippen molar-refractivity contribution in [2.24, 2.45) is 0 Å². The monoisotopic (exact) mass is 451 g/mol. The van der Waals surface area contributed by atoms with Crippen molar-refractivity contribution < 1.29 is 9.59 Å². The van der Waals surface area contributed by atoms with E-state index in [1.807, 2.05) is 36.4 Å². The molecule has 178 valence electrons. The molecule has 1 heterocycles. The number of benzene rings is 2. The molecule has 7 nitrogen and oxygen atoms in total. The highest BCUT2D eigenvalue weighted by atomic mass is 16.2. The molecule has 1 aliphatic rings. The van der Waals surface area contributed by atoms with E-state index < -0.39 is 0 Å². The van der Waals surface area contributed by atoms with Crippen LogP contribution in [-0.2, 0) is 6.42 Å². The van der Waals surface area contributed by atoms with Crippen molar-refractivity contribution in [3.8, 4) is 0 Å². The van der Waals surface area contributed by atoms with E-state index in [0.29, 0.717) is 17.8 Å².